The second kappa shape index (κ2) is 3.94. The normalized spacial score (nSPS) is 35.4. The van der Waals surface area contributed by atoms with E-state index in [1.54, 1.807) is 0 Å². The monoisotopic (exact) mass is 144 g/mol. The third-order valence-corrected chi connectivity index (χ3v) is 2.24. The summed E-state index contributed by atoms with van der Waals surface area (Å²) in [4.78, 5) is 0. The van der Waals surface area contributed by atoms with Gasteiger partial charge in [0.1, 0.15) is 0 Å². The molecule has 0 aliphatic carbocycles. The summed E-state index contributed by atoms with van der Waals surface area (Å²) >= 11 is 0. The van der Waals surface area contributed by atoms with Gasteiger partial charge in [0.25, 0.3) is 0 Å². The first kappa shape index (κ1) is 8.02. The SMILES string of the molecule is CCC1CCOC(O)CC1. The van der Waals surface area contributed by atoms with Crippen molar-refractivity contribution in [3.63, 3.8) is 0 Å². The summed E-state index contributed by atoms with van der Waals surface area (Å²) in [7, 11) is 0. The molecule has 0 saturated carbocycles. The Morgan fingerprint density at radius 1 is 1.40 bits per heavy atom. The maximum absolute atomic E-state index is 9.08. The molecule has 0 spiro atoms. The van der Waals surface area contributed by atoms with Gasteiger partial charge in [-0.1, -0.05) is 13.3 Å². The summed E-state index contributed by atoms with van der Waals surface area (Å²) in [5, 5.41) is 9.08. The van der Waals surface area contributed by atoms with Crippen LogP contribution >= 0.6 is 0 Å². The summed E-state index contributed by atoms with van der Waals surface area (Å²) in [6.07, 6.45) is 3.79. The zero-order chi connectivity index (χ0) is 7.40. The van der Waals surface area contributed by atoms with Crippen LogP contribution in [0.1, 0.15) is 32.6 Å². The third kappa shape index (κ3) is 2.27. The Kier molecular flexibility index (Phi) is 3.16. The lowest BCUT2D eigenvalue weighted by molar-refractivity contribution is -0.0955. The first-order valence-corrected chi connectivity index (χ1v) is 4.12. The summed E-state index contributed by atoms with van der Waals surface area (Å²) < 4.78 is 5.09. The molecule has 1 rings (SSSR count). The number of rotatable bonds is 1. The molecule has 1 saturated heterocycles. The van der Waals surface area contributed by atoms with Crippen LogP contribution in [-0.4, -0.2) is 18.0 Å². The van der Waals surface area contributed by atoms with E-state index in [1.807, 2.05) is 0 Å². The van der Waals surface area contributed by atoms with Gasteiger partial charge in [-0.3, -0.25) is 0 Å². The van der Waals surface area contributed by atoms with Crippen LogP contribution in [0.15, 0.2) is 0 Å². The molecule has 0 aromatic heterocycles. The predicted molar refractivity (Wildman–Crippen MR) is 39.6 cm³/mol. The lowest BCUT2D eigenvalue weighted by Gasteiger charge is -2.07. The van der Waals surface area contributed by atoms with Gasteiger partial charge in [-0.25, -0.2) is 0 Å². The van der Waals surface area contributed by atoms with Crippen LogP contribution in [0.25, 0.3) is 0 Å². The van der Waals surface area contributed by atoms with E-state index in [0.29, 0.717) is 0 Å². The van der Waals surface area contributed by atoms with Crippen molar-refractivity contribution < 1.29 is 9.84 Å². The molecular weight excluding hydrogens is 128 g/mol. The Balaban J connectivity index is 2.26. The molecule has 0 bridgehead atoms. The molecule has 2 nitrogen and oxygen atoms in total. The average Bonchev–Trinajstić information content (AvgIpc) is 2.14. The zero-order valence-electron chi connectivity index (χ0n) is 6.55. The molecule has 1 heterocycles. The van der Waals surface area contributed by atoms with Crippen LogP contribution in [0.2, 0.25) is 0 Å². The number of hydrogen-bond donors (Lipinski definition) is 1. The Morgan fingerprint density at radius 2 is 2.20 bits per heavy atom. The van der Waals surface area contributed by atoms with Gasteiger partial charge in [-0.05, 0) is 25.2 Å². The standard InChI is InChI=1S/C8H16O2/c1-2-7-3-4-8(9)10-6-5-7/h7-9H,2-6H2,1H3. The van der Waals surface area contributed by atoms with Crippen LogP contribution in [0.5, 0.6) is 0 Å². The first-order chi connectivity index (χ1) is 4.83. The van der Waals surface area contributed by atoms with E-state index in [-0.39, 0.29) is 0 Å². The summed E-state index contributed by atoms with van der Waals surface area (Å²) in [6.45, 7) is 2.93. The molecule has 10 heavy (non-hydrogen) atoms. The molecule has 1 aliphatic heterocycles. The Hall–Kier alpha value is -0.0800. The molecule has 2 unspecified atom stereocenters. The Morgan fingerprint density at radius 3 is 2.90 bits per heavy atom. The van der Waals surface area contributed by atoms with E-state index < -0.39 is 6.29 Å². The van der Waals surface area contributed by atoms with E-state index in [2.05, 4.69) is 6.92 Å². The highest BCUT2D eigenvalue weighted by Crippen LogP contribution is 2.20. The van der Waals surface area contributed by atoms with Gasteiger partial charge in [-0.15, -0.1) is 0 Å². The van der Waals surface area contributed by atoms with Gasteiger partial charge in [-0.2, -0.15) is 0 Å². The molecule has 0 amide bonds. The fraction of sp³-hybridized carbons (Fsp3) is 1.00. The zero-order valence-corrected chi connectivity index (χ0v) is 6.55. The molecule has 1 fully saturated rings. The van der Waals surface area contributed by atoms with Crippen molar-refractivity contribution in [2.45, 2.75) is 38.9 Å². The second-order valence-electron chi connectivity index (χ2n) is 2.97. The third-order valence-electron chi connectivity index (χ3n) is 2.24. The first-order valence-electron chi connectivity index (χ1n) is 4.12. The van der Waals surface area contributed by atoms with Crippen molar-refractivity contribution in [3.8, 4) is 0 Å². The average molecular weight is 144 g/mol. The molecule has 0 aromatic rings. The van der Waals surface area contributed by atoms with Crippen LogP contribution in [0.3, 0.4) is 0 Å². The van der Waals surface area contributed by atoms with E-state index >= 15 is 0 Å². The molecule has 0 radical (unpaired) electrons. The molecular formula is C8H16O2. The van der Waals surface area contributed by atoms with Gasteiger partial charge in [0.15, 0.2) is 6.29 Å². The van der Waals surface area contributed by atoms with E-state index in [0.717, 1.165) is 31.8 Å². The highest BCUT2D eigenvalue weighted by atomic mass is 16.6. The van der Waals surface area contributed by atoms with Crippen LogP contribution < -0.4 is 0 Å². The van der Waals surface area contributed by atoms with Gasteiger partial charge in [0.05, 0.1) is 0 Å². The smallest absolute Gasteiger partial charge is 0.154 e. The minimum absolute atomic E-state index is 0.489. The topological polar surface area (TPSA) is 29.5 Å². The minimum atomic E-state index is -0.489. The van der Waals surface area contributed by atoms with Gasteiger partial charge < -0.3 is 9.84 Å². The Bertz CT molecular complexity index is 93.3. The molecule has 60 valence electrons. The highest BCUT2D eigenvalue weighted by molar-refractivity contribution is 4.61. The van der Waals surface area contributed by atoms with Crippen molar-refractivity contribution in [3.05, 3.63) is 0 Å². The molecule has 0 aromatic carbocycles. The van der Waals surface area contributed by atoms with Crippen molar-refractivity contribution >= 4 is 0 Å². The fourth-order valence-corrected chi connectivity index (χ4v) is 1.38. The number of ether oxygens (including phenoxy) is 1. The fourth-order valence-electron chi connectivity index (χ4n) is 1.38. The molecule has 2 atom stereocenters. The van der Waals surface area contributed by atoms with Crippen molar-refractivity contribution in [2.24, 2.45) is 5.92 Å². The lowest BCUT2D eigenvalue weighted by Crippen LogP contribution is -2.08. The summed E-state index contributed by atoms with van der Waals surface area (Å²) in [6, 6.07) is 0. The number of hydrogen-bond acceptors (Lipinski definition) is 2. The van der Waals surface area contributed by atoms with E-state index in [9.17, 15) is 0 Å². The van der Waals surface area contributed by atoms with Crippen LogP contribution in [0.4, 0.5) is 0 Å². The van der Waals surface area contributed by atoms with Gasteiger partial charge in [0.2, 0.25) is 0 Å². The quantitative estimate of drug-likeness (QED) is 0.604. The highest BCUT2D eigenvalue weighted by Gasteiger charge is 2.15. The lowest BCUT2D eigenvalue weighted by atomic mass is 9.98. The number of aliphatic hydroxyl groups excluding tert-OH is 1. The van der Waals surface area contributed by atoms with Crippen LogP contribution in [-0.2, 0) is 4.74 Å². The van der Waals surface area contributed by atoms with Crippen molar-refractivity contribution in [1.29, 1.82) is 0 Å². The Labute approximate surface area is 62.2 Å². The minimum Gasteiger partial charge on any atom is -0.368 e. The van der Waals surface area contributed by atoms with Crippen molar-refractivity contribution in [1.82, 2.24) is 0 Å². The number of aliphatic hydroxyl groups is 1. The maximum Gasteiger partial charge on any atom is 0.154 e. The molecule has 1 aliphatic rings. The van der Waals surface area contributed by atoms with E-state index in [1.165, 1.54) is 6.42 Å². The predicted octanol–water partition coefficient (Wildman–Crippen LogP) is 1.53. The van der Waals surface area contributed by atoms with Crippen LogP contribution in [0, 0.1) is 5.92 Å². The van der Waals surface area contributed by atoms with Gasteiger partial charge in [0, 0.05) is 6.61 Å². The largest absolute Gasteiger partial charge is 0.368 e. The second-order valence-corrected chi connectivity index (χ2v) is 2.97. The van der Waals surface area contributed by atoms with Gasteiger partial charge >= 0.3 is 0 Å². The van der Waals surface area contributed by atoms with Crippen molar-refractivity contribution in [2.75, 3.05) is 6.61 Å². The summed E-state index contributed by atoms with van der Waals surface area (Å²) in [5.41, 5.74) is 0. The maximum atomic E-state index is 9.08. The van der Waals surface area contributed by atoms with E-state index in [4.69, 9.17) is 9.84 Å². The summed E-state index contributed by atoms with van der Waals surface area (Å²) in [5.74, 6) is 0.775. The molecule has 1 N–H and O–H groups in total. The molecule has 2 heteroatoms.